The number of rotatable bonds is 4. The highest BCUT2D eigenvalue weighted by Gasteiger charge is 2.23. The van der Waals surface area contributed by atoms with Gasteiger partial charge in [0, 0.05) is 42.9 Å². The van der Waals surface area contributed by atoms with Gasteiger partial charge in [0.25, 0.3) is 0 Å². The lowest BCUT2D eigenvalue weighted by Crippen LogP contribution is -2.25. The number of aromatic nitrogens is 1. The molecule has 0 N–H and O–H groups in total. The van der Waals surface area contributed by atoms with Crippen LogP contribution in [0, 0.1) is 19.8 Å². The smallest absolute Gasteiger partial charge is 0.142 e. The summed E-state index contributed by atoms with van der Waals surface area (Å²) < 4.78 is 10.7. The molecule has 2 heterocycles. The molecule has 0 saturated carbocycles. The first-order valence-corrected chi connectivity index (χ1v) is 6.73. The molecule has 0 amide bonds. The number of hydrogen-bond donors (Lipinski definition) is 0. The number of methoxy groups -OCH3 is 1. The number of aryl methyl sites for hydroxylation is 1. The molecule has 1 aromatic rings. The Balaban J connectivity index is 2.12. The Hall–Kier alpha value is -1.42. The zero-order valence-electron chi connectivity index (χ0n) is 11.9. The van der Waals surface area contributed by atoms with E-state index in [1.165, 1.54) is 0 Å². The van der Waals surface area contributed by atoms with Crippen LogP contribution in [0.5, 0.6) is 5.75 Å². The lowest BCUT2D eigenvalue weighted by atomic mass is 9.91. The third kappa shape index (κ3) is 3.13. The van der Waals surface area contributed by atoms with E-state index >= 15 is 0 Å². The fraction of sp³-hybridized carbons (Fsp3) is 0.600. The summed E-state index contributed by atoms with van der Waals surface area (Å²) in [5.41, 5.74) is 2.81. The third-order valence-electron chi connectivity index (χ3n) is 3.77. The van der Waals surface area contributed by atoms with Gasteiger partial charge in [-0.25, -0.2) is 0 Å². The first kappa shape index (κ1) is 14.0. The molecule has 0 aromatic carbocycles. The minimum atomic E-state index is 0.127. The van der Waals surface area contributed by atoms with Crippen LogP contribution >= 0.6 is 0 Å². The Morgan fingerprint density at radius 1 is 1.42 bits per heavy atom. The van der Waals surface area contributed by atoms with Gasteiger partial charge in [-0.3, -0.25) is 9.78 Å². The van der Waals surface area contributed by atoms with Gasteiger partial charge in [0.15, 0.2) is 0 Å². The fourth-order valence-electron chi connectivity index (χ4n) is 2.58. The van der Waals surface area contributed by atoms with Gasteiger partial charge in [-0.1, -0.05) is 0 Å². The van der Waals surface area contributed by atoms with Crippen molar-refractivity contribution in [2.75, 3.05) is 20.3 Å². The minimum absolute atomic E-state index is 0.127. The first-order valence-electron chi connectivity index (χ1n) is 6.73. The summed E-state index contributed by atoms with van der Waals surface area (Å²) in [5, 5.41) is 0. The monoisotopic (exact) mass is 263 g/mol. The topological polar surface area (TPSA) is 48.4 Å². The van der Waals surface area contributed by atoms with Crippen LogP contribution in [-0.2, 0) is 16.0 Å². The van der Waals surface area contributed by atoms with E-state index in [0.717, 1.165) is 35.4 Å². The quantitative estimate of drug-likeness (QED) is 0.836. The van der Waals surface area contributed by atoms with Crippen LogP contribution in [0.2, 0.25) is 0 Å². The van der Waals surface area contributed by atoms with E-state index in [1.807, 2.05) is 13.8 Å². The predicted molar refractivity (Wildman–Crippen MR) is 72.5 cm³/mol. The second-order valence-corrected chi connectivity index (χ2v) is 5.08. The number of Topliss-reactive ketones (excluding diaryl/α,β-unsaturated/α-hetero) is 1. The molecule has 4 heteroatoms. The van der Waals surface area contributed by atoms with Crippen molar-refractivity contribution in [3.63, 3.8) is 0 Å². The van der Waals surface area contributed by atoms with Crippen molar-refractivity contribution in [3.8, 4) is 5.75 Å². The molecule has 1 aliphatic rings. The summed E-state index contributed by atoms with van der Waals surface area (Å²) in [6.07, 6.45) is 3.84. The van der Waals surface area contributed by atoms with E-state index in [0.29, 0.717) is 19.6 Å². The lowest BCUT2D eigenvalue weighted by molar-refractivity contribution is -0.125. The largest absolute Gasteiger partial charge is 0.496 e. The Morgan fingerprint density at radius 2 is 2.11 bits per heavy atom. The summed E-state index contributed by atoms with van der Waals surface area (Å²) in [6.45, 7) is 5.31. The highest BCUT2D eigenvalue weighted by molar-refractivity contribution is 5.83. The van der Waals surface area contributed by atoms with Gasteiger partial charge in [-0.15, -0.1) is 0 Å². The first-order chi connectivity index (χ1) is 9.13. The molecule has 0 radical (unpaired) electrons. The van der Waals surface area contributed by atoms with Crippen LogP contribution in [0.1, 0.15) is 29.7 Å². The molecule has 19 heavy (non-hydrogen) atoms. The van der Waals surface area contributed by atoms with Crippen LogP contribution < -0.4 is 4.74 Å². The minimum Gasteiger partial charge on any atom is -0.496 e. The van der Waals surface area contributed by atoms with Crippen molar-refractivity contribution in [1.29, 1.82) is 0 Å². The molecule has 1 aromatic heterocycles. The van der Waals surface area contributed by atoms with Crippen molar-refractivity contribution in [2.45, 2.75) is 33.1 Å². The van der Waals surface area contributed by atoms with Crippen molar-refractivity contribution in [2.24, 2.45) is 5.92 Å². The van der Waals surface area contributed by atoms with Crippen LogP contribution in [-0.4, -0.2) is 31.1 Å². The van der Waals surface area contributed by atoms with Crippen LogP contribution in [0.15, 0.2) is 6.20 Å². The average molecular weight is 263 g/mol. The molecule has 0 aliphatic carbocycles. The van der Waals surface area contributed by atoms with E-state index < -0.39 is 0 Å². The van der Waals surface area contributed by atoms with Crippen LogP contribution in [0.3, 0.4) is 0 Å². The second kappa shape index (κ2) is 6.15. The van der Waals surface area contributed by atoms with Gasteiger partial charge in [0.05, 0.1) is 12.8 Å². The highest BCUT2D eigenvalue weighted by Crippen LogP contribution is 2.25. The second-order valence-electron chi connectivity index (χ2n) is 5.08. The molecule has 0 unspecified atom stereocenters. The van der Waals surface area contributed by atoms with E-state index in [2.05, 4.69) is 4.98 Å². The van der Waals surface area contributed by atoms with Crippen molar-refractivity contribution in [1.82, 2.24) is 4.98 Å². The highest BCUT2D eigenvalue weighted by atomic mass is 16.5. The molecular formula is C15H21NO3. The lowest BCUT2D eigenvalue weighted by Gasteiger charge is -2.21. The molecule has 1 aliphatic heterocycles. The zero-order valence-corrected chi connectivity index (χ0v) is 11.9. The van der Waals surface area contributed by atoms with Gasteiger partial charge in [0.2, 0.25) is 0 Å². The Labute approximate surface area is 114 Å². The maximum absolute atomic E-state index is 12.3. The summed E-state index contributed by atoms with van der Waals surface area (Å²) >= 11 is 0. The van der Waals surface area contributed by atoms with Gasteiger partial charge < -0.3 is 9.47 Å². The van der Waals surface area contributed by atoms with Gasteiger partial charge in [0.1, 0.15) is 11.5 Å². The summed E-state index contributed by atoms with van der Waals surface area (Å²) in [5.74, 6) is 1.23. The molecule has 1 saturated heterocycles. The molecular weight excluding hydrogens is 242 g/mol. The van der Waals surface area contributed by atoms with Crippen molar-refractivity contribution in [3.05, 3.63) is 23.0 Å². The van der Waals surface area contributed by atoms with Crippen LogP contribution in [0.4, 0.5) is 0 Å². The summed E-state index contributed by atoms with van der Waals surface area (Å²) in [6, 6.07) is 0. The van der Waals surface area contributed by atoms with Gasteiger partial charge >= 0.3 is 0 Å². The number of carbonyl (C=O) groups is 1. The predicted octanol–water partition coefficient (Wildman–Crippen LogP) is 2.25. The zero-order chi connectivity index (χ0) is 13.8. The standard InChI is InChI=1S/C15H21NO3/c1-10-9-16-13(11(2)15(10)18-3)8-14(17)12-4-6-19-7-5-12/h9,12H,4-8H2,1-3H3. The molecule has 104 valence electrons. The van der Waals surface area contributed by atoms with E-state index in [1.54, 1.807) is 13.3 Å². The van der Waals surface area contributed by atoms with Crippen molar-refractivity contribution >= 4 is 5.78 Å². The van der Waals surface area contributed by atoms with Crippen molar-refractivity contribution < 1.29 is 14.3 Å². The Bertz CT molecular complexity index is 465. The van der Waals surface area contributed by atoms with E-state index in [9.17, 15) is 4.79 Å². The van der Waals surface area contributed by atoms with E-state index in [-0.39, 0.29) is 11.7 Å². The molecule has 4 nitrogen and oxygen atoms in total. The normalized spacial score (nSPS) is 16.4. The maximum atomic E-state index is 12.3. The van der Waals surface area contributed by atoms with Crippen LogP contribution in [0.25, 0.3) is 0 Å². The summed E-state index contributed by atoms with van der Waals surface area (Å²) in [4.78, 5) is 16.7. The molecule has 0 atom stereocenters. The fourth-order valence-corrected chi connectivity index (χ4v) is 2.58. The number of nitrogens with zero attached hydrogens (tertiary/aromatic N) is 1. The molecule has 0 spiro atoms. The SMILES string of the molecule is COc1c(C)cnc(CC(=O)C2CCOCC2)c1C. The average Bonchev–Trinajstić information content (AvgIpc) is 2.43. The molecule has 0 bridgehead atoms. The number of ether oxygens (including phenoxy) is 2. The van der Waals surface area contributed by atoms with Gasteiger partial charge in [-0.2, -0.15) is 0 Å². The maximum Gasteiger partial charge on any atom is 0.142 e. The number of hydrogen-bond acceptors (Lipinski definition) is 4. The third-order valence-corrected chi connectivity index (χ3v) is 3.77. The van der Waals surface area contributed by atoms with E-state index in [4.69, 9.17) is 9.47 Å². The number of carbonyl (C=O) groups excluding carboxylic acids is 1. The Morgan fingerprint density at radius 3 is 2.74 bits per heavy atom. The molecule has 1 fully saturated rings. The molecule has 2 rings (SSSR count). The Kier molecular flexibility index (Phi) is 4.53. The van der Waals surface area contributed by atoms with Gasteiger partial charge in [-0.05, 0) is 26.7 Å². The number of ketones is 1. The summed E-state index contributed by atoms with van der Waals surface area (Å²) in [7, 11) is 1.65. The number of pyridine rings is 1.